The van der Waals surface area contributed by atoms with Crippen LogP contribution in [0.15, 0.2) is 29.6 Å². The highest BCUT2D eigenvalue weighted by atomic mass is 32.1. The molecule has 23 heavy (non-hydrogen) atoms. The van der Waals surface area contributed by atoms with Crippen LogP contribution in [0.5, 0.6) is 0 Å². The molecular formula is C17H21N3O2S. The number of nitrogens with zero attached hydrogens (tertiary/aromatic N) is 2. The SMILES string of the molecule is CCNC(=O)CN(CC)C(=O)c1csc(-c2ccc(C)cc2)n1. The predicted octanol–water partition coefficient (Wildman–Crippen LogP) is 2.72. The number of hydrogen-bond acceptors (Lipinski definition) is 4. The van der Waals surface area contributed by atoms with E-state index in [0.717, 1.165) is 10.6 Å². The van der Waals surface area contributed by atoms with Gasteiger partial charge in [-0.2, -0.15) is 0 Å². The van der Waals surface area contributed by atoms with Crippen LogP contribution in [0.25, 0.3) is 10.6 Å². The van der Waals surface area contributed by atoms with Crippen molar-refractivity contribution in [1.82, 2.24) is 15.2 Å². The smallest absolute Gasteiger partial charge is 0.273 e. The van der Waals surface area contributed by atoms with Gasteiger partial charge in [0.15, 0.2) is 0 Å². The Balaban J connectivity index is 2.13. The summed E-state index contributed by atoms with van der Waals surface area (Å²) in [7, 11) is 0. The van der Waals surface area contributed by atoms with Crippen molar-refractivity contribution in [2.75, 3.05) is 19.6 Å². The average molecular weight is 331 g/mol. The highest BCUT2D eigenvalue weighted by Gasteiger charge is 2.20. The summed E-state index contributed by atoms with van der Waals surface area (Å²) in [6, 6.07) is 8.03. The van der Waals surface area contributed by atoms with E-state index in [1.165, 1.54) is 21.8 Å². The molecule has 0 spiro atoms. The Morgan fingerprint density at radius 2 is 1.91 bits per heavy atom. The van der Waals surface area contributed by atoms with Gasteiger partial charge in [0, 0.05) is 24.0 Å². The predicted molar refractivity (Wildman–Crippen MR) is 92.5 cm³/mol. The van der Waals surface area contributed by atoms with Crippen LogP contribution in [0.4, 0.5) is 0 Å². The molecule has 0 bridgehead atoms. The maximum atomic E-state index is 12.5. The van der Waals surface area contributed by atoms with Gasteiger partial charge in [0.25, 0.3) is 5.91 Å². The number of carbonyl (C=O) groups is 2. The summed E-state index contributed by atoms with van der Waals surface area (Å²) in [5.74, 6) is -0.370. The summed E-state index contributed by atoms with van der Waals surface area (Å²) >= 11 is 1.43. The van der Waals surface area contributed by atoms with Crippen molar-refractivity contribution >= 4 is 23.2 Å². The van der Waals surface area contributed by atoms with Gasteiger partial charge < -0.3 is 10.2 Å². The van der Waals surface area contributed by atoms with Gasteiger partial charge in [-0.3, -0.25) is 9.59 Å². The van der Waals surface area contributed by atoms with Gasteiger partial charge in [-0.1, -0.05) is 29.8 Å². The van der Waals surface area contributed by atoms with Gasteiger partial charge in [0.1, 0.15) is 10.7 Å². The molecule has 2 amide bonds. The molecule has 2 rings (SSSR count). The van der Waals surface area contributed by atoms with Crippen molar-refractivity contribution in [2.24, 2.45) is 0 Å². The monoisotopic (exact) mass is 331 g/mol. The number of carbonyl (C=O) groups excluding carboxylic acids is 2. The van der Waals surface area contributed by atoms with Gasteiger partial charge in [0.05, 0.1) is 6.54 Å². The van der Waals surface area contributed by atoms with Crippen LogP contribution >= 0.6 is 11.3 Å². The van der Waals surface area contributed by atoms with E-state index in [1.54, 1.807) is 5.38 Å². The Morgan fingerprint density at radius 1 is 1.22 bits per heavy atom. The summed E-state index contributed by atoms with van der Waals surface area (Å²) in [6.07, 6.45) is 0. The van der Waals surface area contributed by atoms with Gasteiger partial charge in [0.2, 0.25) is 5.91 Å². The summed E-state index contributed by atoms with van der Waals surface area (Å²) in [4.78, 5) is 30.1. The Labute approximate surface area is 140 Å². The molecule has 1 aromatic heterocycles. The molecule has 0 saturated heterocycles. The number of rotatable bonds is 6. The number of benzene rings is 1. The Bertz CT molecular complexity index is 679. The molecule has 0 aliphatic carbocycles. The molecule has 0 saturated carbocycles. The van der Waals surface area contributed by atoms with Crippen molar-refractivity contribution in [3.8, 4) is 10.6 Å². The molecule has 5 nitrogen and oxygen atoms in total. The van der Waals surface area contributed by atoms with Crippen molar-refractivity contribution in [3.63, 3.8) is 0 Å². The second kappa shape index (κ2) is 7.87. The molecule has 2 aromatic rings. The topological polar surface area (TPSA) is 62.3 Å². The van der Waals surface area contributed by atoms with E-state index in [4.69, 9.17) is 0 Å². The molecule has 0 fully saturated rings. The maximum Gasteiger partial charge on any atom is 0.273 e. The van der Waals surface area contributed by atoms with Gasteiger partial charge >= 0.3 is 0 Å². The fourth-order valence-corrected chi connectivity index (χ4v) is 2.92. The normalized spacial score (nSPS) is 10.4. The fourth-order valence-electron chi connectivity index (χ4n) is 2.12. The van der Waals surface area contributed by atoms with E-state index in [2.05, 4.69) is 10.3 Å². The lowest BCUT2D eigenvalue weighted by molar-refractivity contribution is -0.121. The van der Waals surface area contributed by atoms with Crippen LogP contribution in [0.3, 0.4) is 0 Å². The second-order valence-electron chi connectivity index (χ2n) is 5.18. The van der Waals surface area contributed by atoms with E-state index in [9.17, 15) is 9.59 Å². The lowest BCUT2D eigenvalue weighted by Crippen LogP contribution is -2.40. The first-order valence-electron chi connectivity index (χ1n) is 7.63. The number of thiazole rings is 1. The van der Waals surface area contributed by atoms with Gasteiger partial charge in [-0.15, -0.1) is 11.3 Å². The zero-order valence-electron chi connectivity index (χ0n) is 13.6. The summed E-state index contributed by atoms with van der Waals surface area (Å²) in [5.41, 5.74) is 2.56. The molecule has 1 N–H and O–H groups in total. The highest BCUT2D eigenvalue weighted by Crippen LogP contribution is 2.24. The van der Waals surface area contributed by atoms with E-state index >= 15 is 0 Å². The minimum atomic E-state index is -0.214. The largest absolute Gasteiger partial charge is 0.355 e. The first kappa shape index (κ1) is 17.1. The van der Waals surface area contributed by atoms with Crippen molar-refractivity contribution in [1.29, 1.82) is 0 Å². The Kier molecular flexibility index (Phi) is 5.87. The summed E-state index contributed by atoms with van der Waals surface area (Å²) in [5, 5.41) is 5.26. The molecule has 1 aromatic carbocycles. The lowest BCUT2D eigenvalue weighted by atomic mass is 10.2. The number of likely N-dealkylation sites (N-methyl/N-ethyl adjacent to an activating group) is 2. The van der Waals surface area contributed by atoms with E-state index in [1.807, 2.05) is 45.0 Å². The Hall–Kier alpha value is -2.21. The van der Waals surface area contributed by atoms with Crippen molar-refractivity contribution in [2.45, 2.75) is 20.8 Å². The molecule has 6 heteroatoms. The van der Waals surface area contributed by atoms with Crippen LogP contribution in [0.2, 0.25) is 0 Å². The third kappa shape index (κ3) is 4.39. The number of aryl methyl sites for hydroxylation is 1. The summed E-state index contributed by atoms with van der Waals surface area (Å²) in [6.45, 7) is 6.81. The standard InChI is InChI=1S/C17H21N3O2S/c1-4-18-15(21)10-20(5-2)17(22)14-11-23-16(19-14)13-8-6-12(3)7-9-13/h6-9,11H,4-5,10H2,1-3H3,(H,18,21). The molecule has 0 unspecified atom stereocenters. The number of aromatic nitrogens is 1. The van der Waals surface area contributed by atoms with Gasteiger partial charge in [-0.05, 0) is 20.8 Å². The summed E-state index contributed by atoms with van der Waals surface area (Å²) < 4.78 is 0. The van der Waals surface area contributed by atoms with Crippen LogP contribution in [-0.2, 0) is 4.79 Å². The zero-order valence-corrected chi connectivity index (χ0v) is 14.4. The van der Waals surface area contributed by atoms with E-state index in [-0.39, 0.29) is 18.4 Å². The van der Waals surface area contributed by atoms with Crippen LogP contribution in [0.1, 0.15) is 29.9 Å². The molecular weight excluding hydrogens is 310 g/mol. The number of hydrogen-bond donors (Lipinski definition) is 1. The van der Waals surface area contributed by atoms with Gasteiger partial charge in [-0.25, -0.2) is 4.98 Å². The van der Waals surface area contributed by atoms with Crippen LogP contribution < -0.4 is 5.32 Å². The lowest BCUT2D eigenvalue weighted by Gasteiger charge is -2.18. The minimum Gasteiger partial charge on any atom is -0.355 e. The molecule has 0 aliphatic heterocycles. The zero-order chi connectivity index (χ0) is 16.8. The molecule has 122 valence electrons. The molecule has 0 radical (unpaired) electrons. The van der Waals surface area contributed by atoms with E-state index < -0.39 is 0 Å². The van der Waals surface area contributed by atoms with Crippen LogP contribution in [-0.4, -0.2) is 41.3 Å². The first-order chi connectivity index (χ1) is 11.0. The first-order valence-corrected chi connectivity index (χ1v) is 8.51. The quantitative estimate of drug-likeness (QED) is 0.885. The van der Waals surface area contributed by atoms with Crippen LogP contribution in [0, 0.1) is 6.92 Å². The maximum absolute atomic E-state index is 12.5. The van der Waals surface area contributed by atoms with E-state index in [0.29, 0.717) is 18.8 Å². The second-order valence-corrected chi connectivity index (χ2v) is 6.03. The molecule has 0 aliphatic rings. The molecule has 0 atom stereocenters. The third-order valence-corrected chi connectivity index (χ3v) is 4.29. The Morgan fingerprint density at radius 3 is 2.52 bits per heavy atom. The average Bonchev–Trinajstić information content (AvgIpc) is 3.03. The molecule has 1 heterocycles. The van der Waals surface area contributed by atoms with Crippen molar-refractivity contribution < 1.29 is 9.59 Å². The van der Waals surface area contributed by atoms with Crippen molar-refractivity contribution in [3.05, 3.63) is 40.9 Å². The number of nitrogens with one attached hydrogen (secondary N) is 1. The highest BCUT2D eigenvalue weighted by molar-refractivity contribution is 7.13. The fraction of sp³-hybridized carbons (Fsp3) is 0.353. The number of amides is 2. The minimum absolute atomic E-state index is 0.0561. The third-order valence-electron chi connectivity index (χ3n) is 3.40.